The van der Waals surface area contributed by atoms with Crippen LogP contribution in [-0.2, 0) is 20.7 Å². The standard InChI is InChI=1S/C16H22BrNO4/c1-3-11(10-12-6-4-5-7-13(12)17)15(19)18-14(16(20)21)8-9-22-2/h4-7,11,14H,3,8-10H2,1-2H3,(H,18,19)(H,20,21). The fourth-order valence-corrected chi connectivity index (χ4v) is 2.58. The van der Waals surface area contributed by atoms with Crippen molar-refractivity contribution in [3.8, 4) is 0 Å². The van der Waals surface area contributed by atoms with Gasteiger partial charge in [-0.25, -0.2) is 4.79 Å². The molecule has 5 nitrogen and oxygen atoms in total. The lowest BCUT2D eigenvalue weighted by Crippen LogP contribution is -2.44. The number of carboxylic acid groups (broad SMARTS) is 1. The number of ether oxygens (including phenoxy) is 1. The second-order valence-corrected chi connectivity index (χ2v) is 5.94. The molecule has 1 rings (SSSR count). The van der Waals surface area contributed by atoms with Gasteiger partial charge >= 0.3 is 5.97 Å². The van der Waals surface area contributed by atoms with Gasteiger partial charge in [0.15, 0.2) is 0 Å². The molecule has 0 aliphatic heterocycles. The summed E-state index contributed by atoms with van der Waals surface area (Å²) in [5.41, 5.74) is 1.04. The summed E-state index contributed by atoms with van der Waals surface area (Å²) in [5, 5.41) is 11.8. The van der Waals surface area contributed by atoms with E-state index in [0.29, 0.717) is 12.8 Å². The van der Waals surface area contributed by atoms with Gasteiger partial charge in [0.1, 0.15) is 6.04 Å². The molecular formula is C16H22BrNO4. The molecule has 0 aliphatic rings. The number of benzene rings is 1. The normalized spacial score (nSPS) is 13.4. The molecule has 6 heteroatoms. The van der Waals surface area contributed by atoms with Crippen LogP contribution >= 0.6 is 15.9 Å². The zero-order valence-corrected chi connectivity index (χ0v) is 14.4. The zero-order chi connectivity index (χ0) is 16.5. The van der Waals surface area contributed by atoms with Crippen LogP contribution < -0.4 is 5.32 Å². The summed E-state index contributed by atoms with van der Waals surface area (Å²) in [4.78, 5) is 23.5. The minimum absolute atomic E-state index is 0.234. The Balaban J connectivity index is 2.71. The number of aliphatic carboxylic acids is 1. The molecule has 0 saturated heterocycles. The Kier molecular flexibility index (Phi) is 8.12. The summed E-state index contributed by atoms with van der Waals surface area (Å²) in [6.07, 6.45) is 1.47. The van der Waals surface area contributed by atoms with Gasteiger partial charge in [-0.1, -0.05) is 41.1 Å². The van der Waals surface area contributed by atoms with Gasteiger partial charge in [0.25, 0.3) is 0 Å². The first-order chi connectivity index (χ1) is 10.5. The third-order valence-electron chi connectivity index (χ3n) is 3.51. The number of hydrogen-bond acceptors (Lipinski definition) is 3. The second kappa shape index (κ2) is 9.58. The van der Waals surface area contributed by atoms with Gasteiger partial charge in [0.05, 0.1) is 0 Å². The number of carbonyl (C=O) groups excluding carboxylic acids is 1. The maximum absolute atomic E-state index is 12.3. The van der Waals surface area contributed by atoms with Crippen LogP contribution in [-0.4, -0.2) is 36.7 Å². The van der Waals surface area contributed by atoms with Gasteiger partial charge in [0, 0.05) is 30.5 Å². The Labute approximate surface area is 139 Å². The monoisotopic (exact) mass is 371 g/mol. The van der Waals surface area contributed by atoms with Crippen LogP contribution in [0.4, 0.5) is 0 Å². The van der Waals surface area contributed by atoms with Crippen molar-refractivity contribution in [2.45, 2.75) is 32.2 Å². The van der Waals surface area contributed by atoms with Crippen LogP contribution in [0.1, 0.15) is 25.3 Å². The third kappa shape index (κ3) is 5.77. The van der Waals surface area contributed by atoms with E-state index >= 15 is 0 Å². The predicted molar refractivity (Wildman–Crippen MR) is 87.7 cm³/mol. The minimum Gasteiger partial charge on any atom is -0.480 e. The Morgan fingerprint density at radius 1 is 1.36 bits per heavy atom. The number of methoxy groups -OCH3 is 1. The molecule has 0 aromatic heterocycles. The fraction of sp³-hybridized carbons (Fsp3) is 0.500. The van der Waals surface area contributed by atoms with Crippen LogP contribution in [0.3, 0.4) is 0 Å². The van der Waals surface area contributed by atoms with Crippen molar-refractivity contribution < 1.29 is 19.4 Å². The molecule has 122 valence electrons. The van der Waals surface area contributed by atoms with Crippen molar-refractivity contribution >= 4 is 27.8 Å². The van der Waals surface area contributed by atoms with E-state index in [1.807, 2.05) is 31.2 Å². The summed E-state index contributed by atoms with van der Waals surface area (Å²) >= 11 is 3.47. The molecule has 0 radical (unpaired) electrons. The van der Waals surface area contributed by atoms with Crippen molar-refractivity contribution in [1.82, 2.24) is 5.32 Å². The molecule has 0 bridgehead atoms. The fourth-order valence-electron chi connectivity index (χ4n) is 2.13. The van der Waals surface area contributed by atoms with Gasteiger partial charge < -0.3 is 15.2 Å². The van der Waals surface area contributed by atoms with Crippen molar-refractivity contribution in [2.75, 3.05) is 13.7 Å². The predicted octanol–water partition coefficient (Wildman–Crippen LogP) is 2.62. The molecule has 2 atom stereocenters. The third-order valence-corrected chi connectivity index (χ3v) is 4.29. The largest absolute Gasteiger partial charge is 0.480 e. The zero-order valence-electron chi connectivity index (χ0n) is 12.8. The van der Waals surface area contributed by atoms with Crippen LogP contribution in [0.25, 0.3) is 0 Å². The summed E-state index contributed by atoms with van der Waals surface area (Å²) in [6.45, 7) is 2.21. The Bertz CT molecular complexity index is 507. The first kappa shape index (κ1) is 18.6. The van der Waals surface area contributed by atoms with Crippen LogP contribution in [0.2, 0.25) is 0 Å². The van der Waals surface area contributed by atoms with Crippen molar-refractivity contribution in [2.24, 2.45) is 5.92 Å². The van der Waals surface area contributed by atoms with E-state index in [1.54, 1.807) is 0 Å². The van der Waals surface area contributed by atoms with E-state index in [-0.39, 0.29) is 24.9 Å². The van der Waals surface area contributed by atoms with E-state index in [4.69, 9.17) is 9.84 Å². The first-order valence-electron chi connectivity index (χ1n) is 7.25. The Morgan fingerprint density at radius 2 is 2.05 bits per heavy atom. The summed E-state index contributed by atoms with van der Waals surface area (Å²) in [6, 6.07) is 6.81. The molecule has 0 spiro atoms. The lowest BCUT2D eigenvalue weighted by Gasteiger charge is -2.20. The van der Waals surface area contributed by atoms with Gasteiger partial charge in [-0.2, -0.15) is 0 Å². The molecule has 0 saturated carbocycles. The molecule has 0 heterocycles. The molecule has 22 heavy (non-hydrogen) atoms. The van der Waals surface area contributed by atoms with Gasteiger partial charge in [-0.3, -0.25) is 4.79 Å². The highest BCUT2D eigenvalue weighted by Gasteiger charge is 2.24. The molecule has 1 amide bonds. The van der Waals surface area contributed by atoms with Crippen LogP contribution in [0.15, 0.2) is 28.7 Å². The summed E-state index contributed by atoms with van der Waals surface area (Å²) in [7, 11) is 1.50. The minimum atomic E-state index is -1.04. The number of hydrogen-bond donors (Lipinski definition) is 2. The highest BCUT2D eigenvalue weighted by Crippen LogP contribution is 2.21. The van der Waals surface area contributed by atoms with E-state index in [0.717, 1.165) is 10.0 Å². The van der Waals surface area contributed by atoms with E-state index in [9.17, 15) is 9.59 Å². The number of carboxylic acids is 1. The number of rotatable bonds is 9. The second-order valence-electron chi connectivity index (χ2n) is 5.08. The first-order valence-corrected chi connectivity index (χ1v) is 8.04. The van der Waals surface area contributed by atoms with Crippen molar-refractivity contribution in [1.29, 1.82) is 0 Å². The maximum Gasteiger partial charge on any atom is 0.326 e. The molecule has 0 aliphatic carbocycles. The Morgan fingerprint density at radius 3 is 2.59 bits per heavy atom. The summed E-state index contributed by atoms with van der Waals surface area (Å²) < 4.78 is 5.84. The Hall–Kier alpha value is -1.40. The van der Waals surface area contributed by atoms with Gasteiger partial charge in [-0.15, -0.1) is 0 Å². The van der Waals surface area contributed by atoms with Crippen LogP contribution in [0.5, 0.6) is 0 Å². The average Bonchev–Trinajstić information content (AvgIpc) is 2.50. The average molecular weight is 372 g/mol. The number of amides is 1. The summed E-state index contributed by atoms with van der Waals surface area (Å²) in [5.74, 6) is -1.54. The van der Waals surface area contributed by atoms with Gasteiger partial charge in [0.2, 0.25) is 5.91 Å². The molecule has 2 unspecified atom stereocenters. The van der Waals surface area contributed by atoms with Crippen LogP contribution in [0, 0.1) is 5.92 Å². The highest BCUT2D eigenvalue weighted by atomic mass is 79.9. The van der Waals surface area contributed by atoms with Gasteiger partial charge in [-0.05, 0) is 24.5 Å². The SMILES string of the molecule is CCC(Cc1ccccc1Br)C(=O)NC(CCOC)C(=O)O. The number of halogens is 1. The molecule has 0 fully saturated rings. The highest BCUT2D eigenvalue weighted by molar-refractivity contribution is 9.10. The van der Waals surface area contributed by atoms with E-state index in [1.165, 1.54) is 7.11 Å². The molecule has 2 N–H and O–H groups in total. The van der Waals surface area contributed by atoms with Crippen molar-refractivity contribution in [3.63, 3.8) is 0 Å². The lowest BCUT2D eigenvalue weighted by molar-refractivity contribution is -0.143. The smallest absolute Gasteiger partial charge is 0.326 e. The topological polar surface area (TPSA) is 75.6 Å². The van der Waals surface area contributed by atoms with Crippen molar-refractivity contribution in [3.05, 3.63) is 34.3 Å². The molecule has 1 aromatic rings. The number of carbonyl (C=O) groups is 2. The molecule has 1 aromatic carbocycles. The quantitative estimate of drug-likeness (QED) is 0.699. The number of nitrogens with one attached hydrogen (secondary N) is 1. The lowest BCUT2D eigenvalue weighted by atomic mass is 9.95. The maximum atomic E-state index is 12.3. The molecular weight excluding hydrogens is 350 g/mol. The van der Waals surface area contributed by atoms with E-state index in [2.05, 4.69) is 21.2 Å². The van der Waals surface area contributed by atoms with E-state index < -0.39 is 12.0 Å².